The molecule has 1 atom stereocenters. The van der Waals surface area contributed by atoms with Crippen molar-refractivity contribution in [1.82, 2.24) is 20.3 Å². The van der Waals surface area contributed by atoms with Gasteiger partial charge in [0.15, 0.2) is 0 Å². The maximum atomic E-state index is 12.5. The van der Waals surface area contributed by atoms with Gasteiger partial charge in [-0.15, -0.1) is 16.9 Å². The van der Waals surface area contributed by atoms with E-state index in [0.717, 1.165) is 9.58 Å². The summed E-state index contributed by atoms with van der Waals surface area (Å²) in [5.74, 6) is 0.437. The van der Waals surface area contributed by atoms with Gasteiger partial charge in [-0.05, 0) is 43.3 Å². The Morgan fingerprint density at radius 3 is 2.73 bits per heavy atom. The number of aromatic nitrogens is 3. The number of rotatable bonds is 6. The molecule has 1 N–H and O–H groups in total. The van der Waals surface area contributed by atoms with Crippen LogP contribution in [0.1, 0.15) is 13.0 Å². The van der Waals surface area contributed by atoms with Gasteiger partial charge in [0.05, 0.1) is 5.39 Å². The van der Waals surface area contributed by atoms with Crippen LogP contribution in [0.3, 0.4) is 0 Å². The molecule has 1 aromatic heterocycles. The first-order valence-corrected chi connectivity index (χ1v) is 9.43. The van der Waals surface area contributed by atoms with Crippen molar-refractivity contribution in [3.63, 3.8) is 0 Å². The molecule has 0 spiro atoms. The summed E-state index contributed by atoms with van der Waals surface area (Å²) < 4.78 is 1.12. The summed E-state index contributed by atoms with van der Waals surface area (Å²) in [6.07, 6.45) is 0. The summed E-state index contributed by atoms with van der Waals surface area (Å²) >= 11 is 7.47. The van der Waals surface area contributed by atoms with E-state index >= 15 is 0 Å². The number of hydrogen-bond acceptors (Lipinski definition) is 5. The van der Waals surface area contributed by atoms with Crippen molar-refractivity contribution in [2.75, 3.05) is 12.3 Å². The summed E-state index contributed by atoms with van der Waals surface area (Å²) in [6.45, 7) is 2.11. The number of nitrogens with one attached hydrogen (secondary N) is 1. The van der Waals surface area contributed by atoms with Gasteiger partial charge in [0, 0.05) is 22.2 Å². The van der Waals surface area contributed by atoms with Crippen LogP contribution >= 0.6 is 23.4 Å². The maximum Gasteiger partial charge on any atom is 0.278 e. The Labute approximate surface area is 159 Å². The molecule has 0 aliphatic heterocycles. The molecular formula is C18H17ClN4O2S. The standard InChI is InChI=1S/C18H17ClN4O2S/c1-12(23-18(25)15-4-2-3-5-16(15)21-22-23)17(24)20-10-11-26-14-8-6-13(19)7-9-14/h2-9,12H,10-11H2,1H3,(H,20,24)/t12-/m1/s1. The van der Waals surface area contributed by atoms with Crippen molar-refractivity contribution in [3.8, 4) is 0 Å². The van der Waals surface area contributed by atoms with E-state index in [1.54, 1.807) is 43.0 Å². The number of carbonyl (C=O) groups is 1. The van der Waals surface area contributed by atoms with Crippen LogP contribution in [0.4, 0.5) is 0 Å². The average Bonchev–Trinajstić information content (AvgIpc) is 2.66. The van der Waals surface area contributed by atoms with E-state index in [4.69, 9.17) is 11.6 Å². The van der Waals surface area contributed by atoms with Crippen LogP contribution in [0.25, 0.3) is 10.9 Å². The largest absolute Gasteiger partial charge is 0.353 e. The number of benzene rings is 2. The molecule has 0 aliphatic rings. The molecule has 0 saturated heterocycles. The third kappa shape index (κ3) is 4.23. The summed E-state index contributed by atoms with van der Waals surface area (Å²) in [7, 11) is 0. The minimum atomic E-state index is -0.736. The highest BCUT2D eigenvalue weighted by atomic mass is 35.5. The molecular weight excluding hydrogens is 372 g/mol. The second-order valence-electron chi connectivity index (χ2n) is 5.63. The number of hydrogen-bond donors (Lipinski definition) is 1. The lowest BCUT2D eigenvalue weighted by atomic mass is 10.2. The molecule has 134 valence electrons. The van der Waals surface area contributed by atoms with Crippen molar-refractivity contribution in [3.05, 3.63) is 63.9 Å². The van der Waals surface area contributed by atoms with Crippen LogP contribution in [0.2, 0.25) is 5.02 Å². The molecule has 0 unspecified atom stereocenters. The molecule has 1 heterocycles. The molecule has 0 radical (unpaired) electrons. The zero-order valence-electron chi connectivity index (χ0n) is 14.1. The number of amides is 1. The minimum absolute atomic E-state index is 0.270. The fourth-order valence-corrected chi connectivity index (χ4v) is 3.28. The van der Waals surface area contributed by atoms with Crippen molar-refractivity contribution in [2.45, 2.75) is 17.9 Å². The average molecular weight is 389 g/mol. The van der Waals surface area contributed by atoms with Crippen LogP contribution in [0.5, 0.6) is 0 Å². The molecule has 2 aromatic carbocycles. The smallest absolute Gasteiger partial charge is 0.278 e. The predicted octanol–water partition coefficient (Wildman–Crippen LogP) is 2.91. The highest BCUT2D eigenvalue weighted by Crippen LogP contribution is 2.19. The van der Waals surface area contributed by atoms with Crippen LogP contribution in [0, 0.1) is 0 Å². The van der Waals surface area contributed by atoms with Gasteiger partial charge in [0.25, 0.3) is 5.56 Å². The molecule has 0 saturated carbocycles. The molecule has 0 aliphatic carbocycles. The molecule has 3 aromatic rings. The zero-order valence-corrected chi connectivity index (χ0v) is 15.6. The van der Waals surface area contributed by atoms with Crippen molar-refractivity contribution in [1.29, 1.82) is 0 Å². The summed E-state index contributed by atoms with van der Waals surface area (Å²) in [4.78, 5) is 25.9. The summed E-state index contributed by atoms with van der Waals surface area (Å²) in [5, 5.41) is 11.9. The van der Waals surface area contributed by atoms with E-state index in [2.05, 4.69) is 15.6 Å². The highest BCUT2D eigenvalue weighted by molar-refractivity contribution is 7.99. The number of thioether (sulfide) groups is 1. The first kappa shape index (κ1) is 18.4. The van der Waals surface area contributed by atoms with Crippen molar-refractivity contribution < 1.29 is 4.79 Å². The Kier molecular flexibility index (Phi) is 5.90. The second kappa shape index (κ2) is 8.33. The number of carbonyl (C=O) groups excluding carboxylic acids is 1. The lowest BCUT2D eigenvalue weighted by molar-refractivity contribution is -0.124. The second-order valence-corrected chi connectivity index (χ2v) is 7.23. The van der Waals surface area contributed by atoms with Crippen LogP contribution in [0.15, 0.2) is 58.2 Å². The number of halogens is 1. The van der Waals surface area contributed by atoms with E-state index in [1.165, 1.54) is 0 Å². The molecule has 26 heavy (non-hydrogen) atoms. The van der Waals surface area contributed by atoms with Gasteiger partial charge < -0.3 is 5.32 Å². The van der Waals surface area contributed by atoms with E-state index in [9.17, 15) is 9.59 Å². The van der Waals surface area contributed by atoms with Gasteiger partial charge in [-0.3, -0.25) is 9.59 Å². The lowest BCUT2D eigenvalue weighted by Crippen LogP contribution is -2.38. The topological polar surface area (TPSA) is 76.9 Å². The number of nitrogens with zero attached hydrogens (tertiary/aromatic N) is 3. The first-order chi connectivity index (χ1) is 12.6. The Hall–Kier alpha value is -2.38. The molecule has 6 nitrogen and oxygen atoms in total. The Morgan fingerprint density at radius 1 is 1.23 bits per heavy atom. The monoisotopic (exact) mass is 388 g/mol. The minimum Gasteiger partial charge on any atom is -0.353 e. The van der Waals surface area contributed by atoms with E-state index < -0.39 is 6.04 Å². The van der Waals surface area contributed by atoms with Gasteiger partial charge in [0.2, 0.25) is 5.91 Å². The molecule has 8 heteroatoms. The van der Waals surface area contributed by atoms with E-state index in [-0.39, 0.29) is 11.5 Å². The fourth-order valence-electron chi connectivity index (χ4n) is 2.39. The third-order valence-electron chi connectivity index (χ3n) is 3.82. The lowest BCUT2D eigenvalue weighted by Gasteiger charge is -2.13. The zero-order chi connectivity index (χ0) is 18.5. The fraction of sp³-hybridized carbons (Fsp3) is 0.222. The maximum absolute atomic E-state index is 12.5. The Bertz CT molecular complexity index is 975. The van der Waals surface area contributed by atoms with Crippen LogP contribution in [-0.4, -0.2) is 33.2 Å². The Balaban J connectivity index is 1.58. The summed E-state index contributed by atoms with van der Waals surface area (Å²) in [5.41, 5.74) is 0.189. The van der Waals surface area contributed by atoms with Gasteiger partial charge in [-0.25, -0.2) is 0 Å². The third-order valence-corrected chi connectivity index (χ3v) is 5.09. The predicted molar refractivity (Wildman–Crippen MR) is 104 cm³/mol. The summed E-state index contributed by atoms with van der Waals surface area (Å²) in [6, 6.07) is 13.7. The van der Waals surface area contributed by atoms with E-state index in [0.29, 0.717) is 28.2 Å². The van der Waals surface area contributed by atoms with Crippen LogP contribution in [-0.2, 0) is 4.79 Å². The van der Waals surface area contributed by atoms with Gasteiger partial charge in [-0.2, -0.15) is 4.68 Å². The van der Waals surface area contributed by atoms with E-state index in [1.807, 2.05) is 24.3 Å². The van der Waals surface area contributed by atoms with Crippen LogP contribution < -0.4 is 10.9 Å². The molecule has 0 bridgehead atoms. The van der Waals surface area contributed by atoms with Gasteiger partial charge >= 0.3 is 0 Å². The van der Waals surface area contributed by atoms with Gasteiger partial charge in [0.1, 0.15) is 11.6 Å². The molecule has 1 amide bonds. The molecule has 3 rings (SSSR count). The number of fused-ring (bicyclic) bond motifs is 1. The van der Waals surface area contributed by atoms with Crippen molar-refractivity contribution >= 4 is 40.2 Å². The quantitative estimate of drug-likeness (QED) is 0.519. The Morgan fingerprint density at radius 2 is 1.96 bits per heavy atom. The van der Waals surface area contributed by atoms with Crippen molar-refractivity contribution in [2.24, 2.45) is 0 Å². The first-order valence-electron chi connectivity index (χ1n) is 8.06. The van der Waals surface area contributed by atoms with Gasteiger partial charge in [-0.1, -0.05) is 28.9 Å². The SMILES string of the molecule is C[C@H](C(=O)NCCSc1ccc(Cl)cc1)n1nnc2ccccc2c1=O. The highest BCUT2D eigenvalue weighted by Gasteiger charge is 2.18. The molecule has 0 fully saturated rings. The normalized spacial score (nSPS) is 12.1.